The Morgan fingerprint density at radius 1 is 0.613 bits per heavy atom. The summed E-state index contributed by atoms with van der Waals surface area (Å²) in [7, 11) is -1.56. The molecule has 0 aliphatic rings. The molecule has 0 unspecified atom stereocenters. The molecule has 0 spiro atoms. The molecule has 0 fully saturated rings. The van der Waals surface area contributed by atoms with E-state index in [9.17, 15) is 10.0 Å². The Kier molecular flexibility index (Phi) is 4.70. The lowest BCUT2D eigenvalue weighted by Gasteiger charge is -2.18. The molecule has 2 N–H and O–H groups in total. The van der Waals surface area contributed by atoms with E-state index in [-0.39, 0.29) is 0 Å². The van der Waals surface area contributed by atoms with Crippen LogP contribution < -0.4 is 5.46 Å². The van der Waals surface area contributed by atoms with E-state index < -0.39 is 7.12 Å². The summed E-state index contributed by atoms with van der Waals surface area (Å²) < 4.78 is 0. The second-order valence-corrected chi connectivity index (χ2v) is 7.70. The van der Waals surface area contributed by atoms with Crippen molar-refractivity contribution >= 4 is 57.1 Å². The van der Waals surface area contributed by atoms with Gasteiger partial charge in [0.15, 0.2) is 0 Å². The van der Waals surface area contributed by atoms with Gasteiger partial charge in [-0.3, -0.25) is 0 Å². The standard InChI is InChI=1S/C28H21BO2/c1-3-21-22(4-2)27-17-28(29(30)31)24-12-8-7-11-23(24)26(27)16-25(21)20-14-13-18-9-5-6-10-19(18)15-20/h3-17,30-31H,1-2H2. The predicted octanol–water partition coefficient (Wildman–Crippen LogP) is 5.78. The van der Waals surface area contributed by atoms with Crippen molar-refractivity contribution in [3.8, 4) is 11.1 Å². The third-order valence-corrected chi connectivity index (χ3v) is 6.02. The van der Waals surface area contributed by atoms with Crippen molar-refractivity contribution in [3.05, 3.63) is 103 Å². The van der Waals surface area contributed by atoms with Crippen molar-refractivity contribution in [2.24, 2.45) is 0 Å². The first-order valence-electron chi connectivity index (χ1n) is 10.2. The molecular weight excluding hydrogens is 379 g/mol. The first kappa shape index (κ1) is 19.3. The first-order valence-corrected chi connectivity index (χ1v) is 10.2. The molecule has 0 aliphatic heterocycles. The molecule has 0 radical (unpaired) electrons. The van der Waals surface area contributed by atoms with E-state index in [4.69, 9.17) is 0 Å². The zero-order valence-electron chi connectivity index (χ0n) is 17.0. The van der Waals surface area contributed by atoms with Crippen molar-refractivity contribution in [1.29, 1.82) is 0 Å². The molecule has 0 atom stereocenters. The zero-order chi connectivity index (χ0) is 21.5. The number of benzene rings is 5. The summed E-state index contributed by atoms with van der Waals surface area (Å²) in [6.07, 6.45) is 3.68. The number of fused-ring (bicyclic) bond motifs is 4. The fourth-order valence-corrected chi connectivity index (χ4v) is 4.57. The third-order valence-electron chi connectivity index (χ3n) is 6.02. The van der Waals surface area contributed by atoms with Crippen molar-refractivity contribution < 1.29 is 10.0 Å². The van der Waals surface area contributed by atoms with Crippen molar-refractivity contribution in [2.75, 3.05) is 0 Å². The van der Waals surface area contributed by atoms with Gasteiger partial charge in [0, 0.05) is 0 Å². The van der Waals surface area contributed by atoms with Crippen LogP contribution in [0.15, 0.2) is 92.0 Å². The summed E-state index contributed by atoms with van der Waals surface area (Å²) >= 11 is 0. The minimum Gasteiger partial charge on any atom is -0.423 e. The average molecular weight is 400 g/mol. The fourth-order valence-electron chi connectivity index (χ4n) is 4.57. The van der Waals surface area contributed by atoms with Gasteiger partial charge in [-0.2, -0.15) is 0 Å². The van der Waals surface area contributed by atoms with Crippen LogP contribution in [0.5, 0.6) is 0 Å². The van der Waals surface area contributed by atoms with Crippen LogP contribution in [0.4, 0.5) is 0 Å². The number of hydrogen-bond donors (Lipinski definition) is 2. The monoisotopic (exact) mass is 400 g/mol. The highest BCUT2D eigenvalue weighted by Crippen LogP contribution is 2.38. The van der Waals surface area contributed by atoms with Crippen molar-refractivity contribution in [1.82, 2.24) is 0 Å². The molecule has 0 heterocycles. The smallest absolute Gasteiger partial charge is 0.423 e. The van der Waals surface area contributed by atoms with Gasteiger partial charge in [-0.1, -0.05) is 92.0 Å². The molecule has 0 bridgehead atoms. The maximum atomic E-state index is 10.0. The molecule has 31 heavy (non-hydrogen) atoms. The molecule has 0 amide bonds. The van der Waals surface area contributed by atoms with E-state index in [1.54, 1.807) is 0 Å². The molecule has 148 valence electrons. The Balaban J connectivity index is 1.93. The average Bonchev–Trinajstić information content (AvgIpc) is 2.81. The quantitative estimate of drug-likeness (QED) is 0.297. The highest BCUT2D eigenvalue weighted by atomic mass is 16.4. The molecule has 5 rings (SSSR count). The van der Waals surface area contributed by atoms with Crippen LogP contribution in [0, 0.1) is 0 Å². The Labute approximate surface area is 181 Å². The molecule has 3 heteroatoms. The SMILES string of the molecule is C=Cc1c(-c2ccc3ccccc3c2)cc2c(cc(B(O)O)c3ccccc32)c1C=C. The summed E-state index contributed by atoms with van der Waals surface area (Å²) in [6, 6.07) is 26.7. The number of hydrogen-bond acceptors (Lipinski definition) is 2. The summed E-state index contributed by atoms with van der Waals surface area (Å²) in [5.41, 5.74) is 4.58. The van der Waals surface area contributed by atoms with Gasteiger partial charge < -0.3 is 10.0 Å². The van der Waals surface area contributed by atoms with E-state index >= 15 is 0 Å². The molecule has 2 nitrogen and oxygen atoms in total. The van der Waals surface area contributed by atoms with Gasteiger partial charge in [0.2, 0.25) is 0 Å². The van der Waals surface area contributed by atoms with Gasteiger partial charge >= 0.3 is 7.12 Å². The Hall–Kier alpha value is -3.66. The lowest BCUT2D eigenvalue weighted by atomic mass is 9.74. The molecule has 0 saturated carbocycles. The maximum absolute atomic E-state index is 10.0. The van der Waals surface area contributed by atoms with Crippen LogP contribution in [0.1, 0.15) is 11.1 Å². The maximum Gasteiger partial charge on any atom is 0.489 e. The fraction of sp³-hybridized carbons (Fsp3) is 0. The minimum atomic E-state index is -1.56. The van der Waals surface area contributed by atoms with Crippen LogP contribution in [0.2, 0.25) is 0 Å². The molecule has 5 aromatic carbocycles. The zero-order valence-corrected chi connectivity index (χ0v) is 17.0. The lowest BCUT2D eigenvalue weighted by molar-refractivity contribution is 0.426. The van der Waals surface area contributed by atoms with E-state index in [0.717, 1.165) is 43.8 Å². The predicted molar refractivity (Wildman–Crippen MR) is 134 cm³/mol. The highest BCUT2D eigenvalue weighted by Gasteiger charge is 2.20. The van der Waals surface area contributed by atoms with E-state index in [1.807, 2.05) is 54.6 Å². The Morgan fingerprint density at radius 3 is 2.00 bits per heavy atom. The summed E-state index contributed by atoms with van der Waals surface area (Å²) in [4.78, 5) is 0. The summed E-state index contributed by atoms with van der Waals surface area (Å²) in [5.74, 6) is 0. The van der Waals surface area contributed by atoms with Crippen molar-refractivity contribution in [3.63, 3.8) is 0 Å². The van der Waals surface area contributed by atoms with Gasteiger partial charge in [0.25, 0.3) is 0 Å². The molecular formula is C28H21BO2. The Morgan fingerprint density at radius 2 is 1.29 bits per heavy atom. The second-order valence-electron chi connectivity index (χ2n) is 7.70. The number of rotatable bonds is 4. The molecule has 5 aromatic rings. The van der Waals surface area contributed by atoms with Crippen LogP contribution >= 0.6 is 0 Å². The van der Waals surface area contributed by atoms with E-state index in [2.05, 4.69) is 49.6 Å². The summed E-state index contributed by atoms with van der Waals surface area (Å²) in [6.45, 7) is 8.12. The van der Waals surface area contributed by atoms with Gasteiger partial charge in [-0.25, -0.2) is 0 Å². The van der Waals surface area contributed by atoms with E-state index in [1.165, 1.54) is 10.8 Å². The second kappa shape index (κ2) is 7.55. The summed E-state index contributed by atoms with van der Waals surface area (Å²) in [5, 5.41) is 26.2. The first-order chi connectivity index (χ1) is 15.1. The van der Waals surface area contributed by atoms with Crippen molar-refractivity contribution in [2.45, 2.75) is 0 Å². The van der Waals surface area contributed by atoms with Gasteiger partial charge in [-0.15, -0.1) is 0 Å². The molecule has 0 saturated heterocycles. The lowest BCUT2D eigenvalue weighted by Crippen LogP contribution is -2.30. The van der Waals surface area contributed by atoms with Crippen LogP contribution in [0.25, 0.3) is 55.6 Å². The van der Waals surface area contributed by atoms with Gasteiger partial charge in [0.1, 0.15) is 0 Å². The van der Waals surface area contributed by atoms with Crippen LogP contribution in [-0.4, -0.2) is 17.2 Å². The minimum absolute atomic E-state index is 0.486. The van der Waals surface area contributed by atoms with Crippen LogP contribution in [0.3, 0.4) is 0 Å². The van der Waals surface area contributed by atoms with Crippen LogP contribution in [-0.2, 0) is 0 Å². The molecule has 0 aliphatic carbocycles. The topological polar surface area (TPSA) is 40.5 Å². The Bertz CT molecular complexity index is 1500. The molecule has 0 aromatic heterocycles. The largest absolute Gasteiger partial charge is 0.489 e. The van der Waals surface area contributed by atoms with Gasteiger partial charge in [0.05, 0.1) is 0 Å². The van der Waals surface area contributed by atoms with E-state index in [0.29, 0.717) is 5.46 Å². The highest BCUT2D eigenvalue weighted by molar-refractivity contribution is 6.62. The normalized spacial score (nSPS) is 11.2. The van der Waals surface area contributed by atoms with Gasteiger partial charge in [-0.05, 0) is 72.2 Å². The third kappa shape index (κ3) is 3.07.